The number of ether oxygens (including phenoxy) is 2. The van der Waals surface area contributed by atoms with Crippen molar-refractivity contribution in [1.29, 1.82) is 0 Å². The van der Waals surface area contributed by atoms with E-state index in [-0.39, 0.29) is 12.2 Å². The summed E-state index contributed by atoms with van der Waals surface area (Å²) in [5.41, 5.74) is 0.270. The third-order valence-electron chi connectivity index (χ3n) is 1.96. The quantitative estimate of drug-likeness (QED) is 0.476. The predicted octanol–water partition coefficient (Wildman–Crippen LogP) is 2.59. The molecule has 0 spiro atoms. The molecular formula is C12H13BrO4. The summed E-state index contributed by atoms with van der Waals surface area (Å²) in [6.45, 7) is 4.24. The number of Topliss-reactive ketones (excluding diaryl/α,β-unsaturated/α-hetero) is 1. The van der Waals surface area contributed by atoms with Crippen LogP contribution in [0.1, 0.15) is 24.2 Å². The number of rotatable bonds is 5. The van der Waals surface area contributed by atoms with E-state index in [1.54, 1.807) is 19.1 Å². The third-order valence-corrected chi connectivity index (χ3v) is 2.61. The number of esters is 1. The highest BCUT2D eigenvalue weighted by Crippen LogP contribution is 2.23. The fourth-order valence-electron chi connectivity index (χ4n) is 1.24. The Morgan fingerprint density at radius 1 is 1.24 bits per heavy atom. The van der Waals surface area contributed by atoms with E-state index in [0.717, 1.165) is 0 Å². The molecule has 0 amide bonds. The highest BCUT2D eigenvalue weighted by Gasteiger charge is 2.20. The maximum absolute atomic E-state index is 11.7. The molecule has 0 bridgehead atoms. The molecule has 0 fully saturated rings. The molecule has 1 aromatic rings. The fourth-order valence-corrected chi connectivity index (χ4v) is 1.78. The first-order valence-electron chi connectivity index (χ1n) is 5.24. The molecule has 0 radical (unpaired) electrons. The average Bonchev–Trinajstić information content (AvgIpc) is 2.29. The van der Waals surface area contributed by atoms with Crippen molar-refractivity contribution < 1.29 is 19.1 Å². The van der Waals surface area contributed by atoms with Gasteiger partial charge >= 0.3 is 5.97 Å². The van der Waals surface area contributed by atoms with Gasteiger partial charge in [0.05, 0.1) is 13.2 Å². The van der Waals surface area contributed by atoms with Gasteiger partial charge in [0.1, 0.15) is 5.75 Å². The van der Waals surface area contributed by atoms with Crippen LogP contribution in [-0.4, -0.2) is 25.0 Å². The Labute approximate surface area is 108 Å². The maximum atomic E-state index is 11.7. The Bertz CT molecular complexity index is 429. The minimum Gasteiger partial charge on any atom is -0.494 e. The van der Waals surface area contributed by atoms with Gasteiger partial charge in [-0.25, -0.2) is 4.79 Å². The summed E-state index contributed by atoms with van der Waals surface area (Å²) in [7, 11) is 0. The van der Waals surface area contributed by atoms with Crippen LogP contribution >= 0.6 is 15.9 Å². The molecule has 0 N–H and O–H groups in total. The second kappa shape index (κ2) is 6.39. The van der Waals surface area contributed by atoms with Crippen LogP contribution in [0.2, 0.25) is 0 Å². The van der Waals surface area contributed by atoms with Crippen LogP contribution in [-0.2, 0) is 9.53 Å². The molecule has 1 rings (SSSR count). The molecule has 0 unspecified atom stereocenters. The predicted molar refractivity (Wildman–Crippen MR) is 66.3 cm³/mol. The van der Waals surface area contributed by atoms with Crippen molar-refractivity contribution in [1.82, 2.24) is 0 Å². The second-order valence-corrected chi connectivity index (χ2v) is 3.98. The second-order valence-electron chi connectivity index (χ2n) is 3.12. The van der Waals surface area contributed by atoms with Gasteiger partial charge in [0.25, 0.3) is 5.78 Å². The summed E-state index contributed by atoms with van der Waals surface area (Å²) in [4.78, 5) is 23.0. The number of hydrogen-bond acceptors (Lipinski definition) is 4. The van der Waals surface area contributed by atoms with Gasteiger partial charge in [-0.1, -0.05) is 0 Å². The Balaban J connectivity index is 2.92. The van der Waals surface area contributed by atoms with Crippen LogP contribution in [0.4, 0.5) is 0 Å². The zero-order valence-electron chi connectivity index (χ0n) is 9.66. The van der Waals surface area contributed by atoms with Crippen molar-refractivity contribution in [2.24, 2.45) is 0 Å². The minimum atomic E-state index is -0.850. The standard InChI is InChI=1S/C12H13BrO4/c1-3-16-8-5-6-9(10(13)7-8)11(14)12(15)17-4-2/h5-7H,3-4H2,1-2H3. The molecule has 92 valence electrons. The van der Waals surface area contributed by atoms with Gasteiger partial charge < -0.3 is 9.47 Å². The molecule has 0 atom stereocenters. The first-order chi connectivity index (χ1) is 8.10. The molecule has 1 aromatic carbocycles. The zero-order valence-corrected chi connectivity index (χ0v) is 11.2. The Morgan fingerprint density at radius 2 is 1.94 bits per heavy atom. The molecule has 0 aliphatic rings. The normalized spacial score (nSPS) is 9.82. The van der Waals surface area contributed by atoms with Crippen molar-refractivity contribution in [3.63, 3.8) is 0 Å². The Hall–Kier alpha value is -1.36. The summed E-state index contributed by atoms with van der Waals surface area (Å²) >= 11 is 3.23. The third kappa shape index (κ3) is 3.56. The Kier molecular flexibility index (Phi) is 5.15. The van der Waals surface area contributed by atoms with Crippen molar-refractivity contribution in [2.75, 3.05) is 13.2 Å². The van der Waals surface area contributed by atoms with Gasteiger partial charge in [-0.3, -0.25) is 4.79 Å². The highest BCUT2D eigenvalue weighted by atomic mass is 79.9. The van der Waals surface area contributed by atoms with E-state index in [1.807, 2.05) is 6.92 Å². The molecule has 0 aliphatic carbocycles. The number of benzene rings is 1. The van der Waals surface area contributed by atoms with Gasteiger partial charge in [-0.2, -0.15) is 0 Å². The molecule has 0 saturated heterocycles. The average molecular weight is 301 g/mol. The highest BCUT2D eigenvalue weighted by molar-refractivity contribution is 9.10. The Morgan fingerprint density at radius 3 is 2.47 bits per heavy atom. The lowest BCUT2D eigenvalue weighted by atomic mass is 10.1. The van der Waals surface area contributed by atoms with Crippen molar-refractivity contribution in [2.45, 2.75) is 13.8 Å². The summed E-state index contributed by atoms with van der Waals surface area (Å²) in [5.74, 6) is -0.876. The molecular weight excluding hydrogens is 288 g/mol. The largest absolute Gasteiger partial charge is 0.494 e. The van der Waals surface area contributed by atoms with Gasteiger partial charge in [-0.05, 0) is 48.0 Å². The van der Waals surface area contributed by atoms with Crippen molar-refractivity contribution in [3.05, 3.63) is 28.2 Å². The lowest BCUT2D eigenvalue weighted by Gasteiger charge is -2.06. The molecule has 0 heterocycles. The van der Waals surface area contributed by atoms with Crippen molar-refractivity contribution >= 4 is 27.7 Å². The smallest absolute Gasteiger partial charge is 0.379 e. The summed E-state index contributed by atoms with van der Waals surface area (Å²) in [5, 5.41) is 0. The zero-order chi connectivity index (χ0) is 12.8. The van der Waals surface area contributed by atoms with Crippen LogP contribution in [0.25, 0.3) is 0 Å². The molecule has 0 aliphatic heterocycles. The van der Waals surface area contributed by atoms with E-state index in [2.05, 4.69) is 20.7 Å². The van der Waals surface area contributed by atoms with E-state index in [0.29, 0.717) is 16.8 Å². The van der Waals surface area contributed by atoms with Gasteiger partial charge in [0.2, 0.25) is 0 Å². The number of ketones is 1. The summed E-state index contributed by atoms with van der Waals surface area (Å²) < 4.78 is 10.4. The fraction of sp³-hybridized carbons (Fsp3) is 0.333. The summed E-state index contributed by atoms with van der Waals surface area (Å²) in [6, 6.07) is 4.82. The molecule has 17 heavy (non-hydrogen) atoms. The minimum absolute atomic E-state index is 0.180. The first kappa shape index (κ1) is 13.7. The number of hydrogen-bond donors (Lipinski definition) is 0. The van der Waals surface area contributed by atoms with Gasteiger partial charge in [0.15, 0.2) is 0 Å². The lowest BCUT2D eigenvalue weighted by Crippen LogP contribution is -2.17. The SMILES string of the molecule is CCOC(=O)C(=O)c1ccc(OCC)cc1Br. The lowest BCUT2D eigenvalue weighted by molar-refractivity contribution is -0.137. The molecule has 4 nitrogen and oxygen atoms in total. The number of halogens is 1. The number of carbonyl (C=O) groups is 2. The number of carbonyl (C=O) groups excluding carboxylic acids is 2. The molecule has 5 heteroatoms. The maximum Gasteiger partial charge on any atom is 0.379 e. The van der Waals surface area contributed by atoms with Gasteiger partial charge in [0, 0.05) is 10.0 Å². The van der Waals surface area contributed by atoms with Crippen LogP contribution < -0.4 is 4.74 Å². The molecule has 0 saturated carbocycles. The summed E-state index contributed by atoms with van der Waals surface area (Å²) in [6.07, 6.45) is 0. The van der Waals surface area contributed by atoms with Crippen LogP contribution in [0.15, 0.2) is 22.7 Å². The monoisotopic (exact) mass is 300 g/mol. The van der Waals surface area contributed by atoms with Crippen LogP contribution in [0.5, 0.6) is 5.75 Å². The van der Waals surface area contributed by atoms with E-state index in [9.17, 15) is 9.59 Å². The van der Waals surface area contributed by atoms with Crippen LogP contribution in [0.3, 0.4) is 0 Å². The van der Waals surface area contributed by atoms with Crippen LogP contribution in [0, 0.1) is 0 Å². The van der Waals surface area contributed by atoms with E-state index >= 15 is 0 Å². The first-order valence-corrected chi connectivity index (χ1v) is 6.03. The van der Waals surface area contributed by atoms with E-state index < -0.39 is 11.8 Å². The van der Waals surface area contributed by atoms with Crippen molar-refractivity contribution in [3.8, 4) is 5.75 Å². The molecule has 0 aromatic heterocycles. The van der Waals surface area contributed by atoms with Gasteiger partial charge in [-0.15, -0.1) is 0 Å². The topological polar surface area (TPSA) is 52.6 Å². The van der Waals surface area contributed by atoms with E-state index in [1.165, 1.54) is 6.07 Å². The van der Waals surface area contributed by atoms with E-state index in [4.69, 9.17) is 4.74 Å².